The van der Waals surface area contributed by atoms with Gasteiger partial charge >= 0.3 is 5.97 Å². The van der Waals surface area contributed by atoms with E-state index in [4.69, 9.17) is 4.74 Å². The van der Waals surface area contributed by atoms with Crippen molar-refractivity contribution in [3.8, 4) is 5.75 Å². The Bertz CT molecular complexity index is 380. The summed E-state index contributed by atoms with van der Waals surface area (Å²) in [5.74, 6) is -0.348. The summed E-state index contributed by atoms with van der Waals surface area (Å²) < 4.78 is 5.97. The van der Waals surface area contributed by atoms with Crippen LogP contribution in [0.15, 0.2) is 18.2 Å². The molecule has 1 rings (SSSR count). The van der Waals surface area contributed by atoms with Crippen LogP contribution < -0.4 is 0 Å². The van der Waals surface area contributed by atoms with E-state index in [9.17, 15) is 9.90 Å². The van der Waals surface area contributed by atoms with Gasteiger partial charge in [0.15, 0.2) is 0 Å². The van der Waals surface area contributed by atoms with Gasteiger partial charge in [0.05, 0.1) is 5.56 Å². The van der Waals surface area contributed by atoms with Crippen molar-refractivity contribution < 1.29 is 14.6 Å². The summed E-state index contributed by atoms with van der Waals surface area (Å²) >= 11 is 2.03. The molecule has 0 spiro atoms. The Morgan fingerprint density at radius 2 is 2.00 bits per heavy atom. The van der Waals surface area contributed by atoms with Gasteiger partial charge in [-0.05, 0) is 61.6 Å². The summed E-state index contributed by atoms with van der Waals surface area (Å²) in [4.78, 5) is 11.7. The molecule has 0 unspecified atom stereocenters. The Morgan fingerprint density at radius 1 is 1.40 bits per heavy atom. The molecule has 0 atom stereocenters. The molecule has 0 aliphatic heterocycles. The third-order valence-electron chi connectivity index (χ3n) is 1.57. The fraction of sp³-hybridized carbons (Fsp3) is 0.364. The highest BCUT2D eigenvalue weighted by molar-refractivity contribution is 14.1. The number of phenolic OH excluding ortho intramolecular Hbond substituents is 1. The maximum absolute atomic E-state index is 11.7. The molecule has 0 saturated heterocycles. The average Bonchev–Trinajstić information content (AvgIpc) is 2.06. The van der Waals surface area contributed by atoms with Crippen LogP contribution in [0.25, 0.3) is 0 Å². The molecule has 0 saturated carbocycles. The number of benzene rings is 1. The molecule has 1 aromatic carbocycles. The Morgan fingerprint density at radius 3 is 2.53 bits per heavy atom. The van der Waals surface area contributed by atoms with Gasteiger partial charge in [0.1, 0.15) is 11.4 Å². The smallest absolute Gasteiger partial charge is 0.339 e. The topological polar surface area (TPSA) is 46.5 Å². The number of hydrogen-bond donors (Lipinski definition) is 1. The second-order valence-electron chi connectivity index (χ2n) is 4.17. The molecule has 0 amide bonds. The molecule has 3 nitrogen and oxygen atoms in total. The van der Waals surface area contributed by atoms with Crippen LogP contribution in [0.3, 0.4) is 0 Å². The number of ether oxygens (including phenoxy) is 1. The first-order chi connectivity index (χ1) is 6.79. The first-order valence-electron chi connectivity index (χ1n) is 4.51. The number of carbonyl (C=O) groups is 1. The predicted octanol–water partition coefficient (Wildman–Crippen LogP) is 2.95. The molecule has 4 heteroatoms. The molecule has 0 aromatic heterocycles. The Balaban J connectivity index is 2.96. The summed E-state index contributed by atoms with van der Waals surface area (Å²) in [5.41, 5.74) is -0.128. The number of aromatic hydroxyl groups is 1. The SMILES string of the molecule is CC(C)(C)OC(=O)c1cc(O)ccc1I. The third kappa shape index (κ3) is 3.70. The van der Waals surface area contributed by atoms with Crippen molar-refractivity contribution in [2.45, 2.75) is 26.4 Å². The van der Waals surface area contributed by atoms with Crippen molar-refractivity contribution in [1.82, 2.24) is 0 Å². The molecule has 1 N–H and O–H groups in total. The average molecular weight is 320 g/mol. The highest BCUT2D eigenvalue weighted by atomic mass is 127. The van der Waals surface area contributed by atoms with E-state index in [0.717, 1.165) is 3.57 Å². The van der Waals surface area contributed by atoms with Gasteiger partial charge < -0.3 is 9.84 Å². The first-order valence-corrected chi connectivity index (χ1v) is 5.59. The van der Waals surface area contributed by atoms with Crippen LogP contribution in [-0.4, -0.2) is 16.7 Å². The number of hydrogen-bond acceptors (Lipinski definition) is 3. The van der Waals surface area contributed by atoms with Crippen molar-refractivity contribution in [3.05, 3.63) is 27.3 Å². The van der Waals surface area contributed by atoms with Crippen molar-refractivity contribution in [2.24, 2.45) is 0 Å². The Kier molecular flexibility index (Phi) is 3.59. The maximum atomic E-state index is 11.7. The summed E-state index contributed by atoms with van der Waals surface area (Å²) in [7, 11) is 0. The molecule has 0 aliphatic carbocycles. The Hall–Kier alpha value is -0.780. The van der Waals surface area contributed by atoms with E-state index < -0.39 is 11.6 Å². The molecular weight excluding hydrogens is 307 g/mol. The van der Waals surface area contributed by atoms with Gasteiger partial charge in [0.25, 0.3) is 0 Å². The first kappa shape index (κ1) is 12.3. The molecule has 0 radical (unpaired) electrons. The monoisotopic (exact) mass is 320 g/mol. The molecular formula is C11H13IO3. The number of halogens is 1. The lowest BCUT2D eigenvalue weighted by Crippen LogP contribution is -2.24. The second kappa shape index (κ2) is 4.38. The van der Waals surface area contributed by atoms with E-state index >= 15 is 0 Å². The van der Waals surface area contributed by atoms with Gasteiger partial charge in [0, 0.05) is 3.57 Å². The number of phenols is 1. The lowest BCUT2D eigenvalue weighted by molar-refractivity contribution is 0.00679. The lowest BCUT2D eigenvalue weighted by Gasteiger charge is -2.19. The summed E-state index contributed by atoms with van der Waals surface area (Å²) in [6.45, 7) is 5.42. The zero-order valence-electron chi connectivity index (χ0n) is 8.87. The predicted molar refractivity (Wildman–Crippen MR) is 66.0 cm³/mol. The molecule has 0 heterocycles. The van der Waals surface area contributed by atoms with Crippen LogP contribution >= 0.6 is 22.6 Å². The maximum Gasteiger partial charge on any atom is 0.339 e. The second-order valence-corrected chi connectivity index (χ2v) is 5.33. The minimum absolute atomic E-state index is 0.0660. The van der Waals surface area contributed by atoms with Crippen molar-refractivity contribution in [1.29, 1.82) is 0 Å². The van der Waals surface area contributed by atoms with Gasteiger partial charge in [-0.1, -0.05) is 0 Å². The molecule has 1 aromatic rings. The normalized spacial score (nSPS) is 11.2. The van der Waals surface area contributed by atoms with Gasteiger partial charge in [-0.25, -0.2) is 4.79 Å². The third-order valence-corrected chi connectivity index (χ3v) is 2.51. The highest BCUT2D eigenvalue weighted by Gasteiger charge is 2.19. The molecule has 0 bridgehead atoms. The van der Waals surface area contributed by atoms with E-state index in [-0.39, 0.29) is 5.75 Å². The van der Waals surface area contributed by atoms with Crippen molar-refractivity contribution >= 4 is 28.6 Å². The minimum Gasteiger partial charge on any atom is -0.508 e. The van der Waals surface area contributed by atoms with Gasteiger partial charge in [-0.3, -0.25) is 0 Å². The number of esters is 1. The van der Waals surface area contributed by atoms with E-state index in [2.05, 4.69) is 0 Å². The van der Waals surface area contributed by atoms with Crippen LogP contribution in [0.1, 0.15) is 31.1 Å². The van der Waals surface area contributed by atoms with Crippen LogP contribution in [-0.2, 0) is 4.74 Å². The summed E-state index contributed by atoms with van der Waals surface area (Å²) in [6.07, 6.45) is 0. The van der Waals surface area contributed by atoms with Crippen molar-refractivity contribution in [3.63, 3.8) is 0 Å². The molecule has 15 heavy (non-hydrogen) atoms. The number of carbonyl (C=O) groups excluding carboxylic acids is 1. The van der Waals surface area contributed by atoms with Crippen LogP contribution in [0.2, 0.25) is 0 Å². The minimum atomic E-state index is -0.522. The van der Waals surface area contributed by atoms with E-state index in [1.165, 1.54) is 12.1 Å². The lowest BCUT2D eigenvalue weighted by atomic mass is 10.1. The van der Waals surface area contributed by atoms with Crippen LogP contribution in [0.4, 0.5) is 0 Å². The quantitative estimate of drug-likeness (QED) is 0.639. The summed E-state index contributed by atoms with van der Waals surface area (Å²) in [6, 6.07) is 4.63. The number of rotatable bonds is 1. The summed E-state index contributed by atoms with van der Waals surface area (Å²) in [5, 5.41) is 9.27. The fourth-order valence-electron chi connectivity index (χ4n) is 1.00. The highest BCUT2D eigenvalue weighted by Crippen LogP contribution is 2.21. The molecule has 0 fully saturated rings. The zero-order valence-corrected chi connectivity index (χ0v) is 11.0. The van der Waals surface area contributed by atoms with E-state index in [0.29, 0.717) is 5.56 Å². The van der Waals surface area contributed by atoms with E-state index in [1.807, 2.05) is 22.6 Å². The zero-order chi connectivity index (χ0) is 11.6. The van der Waals surface area contributed by atoms with Gasteiger partial charge in [-0.2, -0.15) is 0 Å². The van der Waals surface area contributed by atoms with Gasteiger partial charge in [-0.15, -0.1) is 0 Å². The Labute approximate surface area is 103 Å². The molecule has 0 aliphatic rings. The standard InChI is InChI=1S/C11H13IO3/c1-11(2,3)15-10(14)8-6-7(13)4-5-9(8)12/h4-6,13H,1-3H3. The van der Waals surface area contributed by atoms with Crippen LogP contribution in [0, 0.1) is 3.57 Å². The largest absolute Gasteiger partial charge is 0.508 e. The van der Waals surface area contributed by atoms with Crippen molar-refractivity contribution in [2.75, 3.05) is 0 Å². The molecule has 82 valence electrons. The fourth-order valence-corrected chi connectivity index (χ4v) is 1.56. The van der Waals surface area contributed by atoms with Gasteiger partial charge in [0.2, 0.25) is 0 Å². The van der Waals surface area contributed by atoms with E-state index in [1.54, 1.807) is 26.8 Å². The van der Waals surface area contributed by atoms with Crippen LogP contribution in [0.5, 0.6) is 5.75 Å².